The molecule has 2 amide bonds. The number of nitrogens with zero attached hydrogens (tertiary/aromatic N) is 6. The van der Waals surface area contributed by atoms with Crippen LogP contribution in [0.25, 0.3) is 11.3 Å². The molecule has 3 saturated carbocycles. The second kappa shape index (κ2) is 14.5. The molecule has 0 aromatic carbocycles. The van der Waals surface area contributed by atoms with Crippen molar-refractivity contribution in [3.05, 3.63) is 54.0 Å². The van der Waals surface area contributed by atoms with Crippen LogP contribution in [-0.2, 0) is 9.53 Å². The van der Waals surface area contributed by atoms with E-state index in [1.165, 1.54) is 0 Å². The number of amides is 2. The van der Waals surface area contributed by atoms with Crippen LogP contribution in [0.2, 0.25) is 0 Å². The molecule has 1 N–H and O–H groups in total. The predicted octanol–water partition coefficient (Wildman–Crippen LogP) is 5.69. The van der Waals surface area contributed by atoms with Crippen molar-refractivity contribution in [2.45, 2.75) is 101 Å². The summed E-state index contributed by atoms with van der Waals surface area (Å²) in [5.41, 5.74) is 3.70. The molecule has 3 aliphatic carbocycles. The van der Waals surface area contributed by atoms with Gasteiger partial charge >= 0.3 is 6.09 Å². The third-order valence-electron chi connectivity index (χ3n) is 11.8. The Kier molecular flexibility index (Phi) is 9.71. The number of aryl methyl sites for hydroxylation is 1. The van der Waals surface area contributed by atoms with Crippen LogP contribution in [0.4, 0.5) is 10.6 Å². The highest BCUT2D eigenvalue weighted by molar-refractivity contribution is 5.94. The van der Waals surface area contributed by atoms with Gasteiger partial charge in [0, 0.05) is 74.0 Å². The highest BCUT2D eigenvalue weighted by Crippen LogP contribution is 2.41. The Labute approximate surface area is 299 Å². The first-order chi connectivity index (χ1) is 24.8. The third kappa shape index (κ3) is 7.48. The quantitative estimate of drug-likeness (QED) is 0.282. The van der Waals surface area contributed by atoms with E-state index < -0.39 is 0 Å². The van der Waals surface area contributed by atoms with Crippen LogP contribution in [-0.4, -0.2) is 99.9 Å². The number of hydrogen-bond acceptors (Lipinski definition) is 10. The topological polar surface area (TPSA) is 134 Å². The lowest BCUT2D eigenvalue weighted by atomic mass is 9.79. The summed E-state index contributed by atoms with van der Waals surface area (Å²) in [4.78, 5) is 47.5. The molecule has 12 heteroatoms. The van der Waals surface area contributed by atoms with Gasteiger partial charge in [0.25, 0.3) is 0 Å². The predicted molar refractivity (Wildman–Crippen MR) is 189 cm³/mol. The zero-order valence-corrected chi connectivity index (χ0v) is 29.8. The van der Waals surface area contributed by atoms with Crippen molar-refractivity contribution in [2.75, 3.05) is 44.7 Å². The van der Waals surface area contributed by atoms with Gasteiger partial charge in [0.15, 0.2) is 5.89 Å². The maximum Gasteiger partial charge on any atom is 0.410 e. The van der Waals surface area contributed by atoms with Crippen LogP contribution in [0.5, 0.6) is 5.75 Å². The number of rotatable bonds is 10. The van der Waals surface area contributed by atoms with Crippen molar-refractivity contribution in [3.63, 3.8) is 0 Å². The molecule has 0 bridgehead atoms. The number of aliphatic hydroxyl groups excluding tert-OH is 1. The minimum Gasteiger partial charge on any atom is -0.495 e. The SMILES string of the molecule is COc1ccc(C2CCC(CN(C(=O)C3CCC(OC(=O)N4CC(N5CC(O)C5)C4)CC3)c3cc(-c4coc(C5CC5)n4)ccn3)CC2)nc1C. The Morgan fingerprint density at radius 3 is 2.37 bits per heavy atom. The summed E-state index contributed by atoms with van der Waals surface area (Å²) in [5, 5.41) is 9.58. The van der Waals surface area contributed by atoms with E-state index in [9.17, 15) is 14.7 Å². The summed E-state index contributed by atoms with van der Waals surface area (Å²) in [7, 11) is 1.68. The summed E-state index contributed by atoms with van der Waals surface area (Å²) >= 11 is 0. The van der Waals surface area contributed by atoms with Crippen LogP contribution in [0, 0.1) is 18.8 Å². The van der Waals surface area contributed by atoms with Crippen molar-refractivity contribution >= 4 is 17.8 Å². The Hall–Kier alpha value is -4.03. The number of ether oxygens (including phenoxy) is 2. The average molecular weight is 699 g/mol. The van der Waals surface area contributed by atoms with Gasteiger partial charge in [-0.1, -0.05) is 0 Å². The van der Waals surface area contributed by atoms with Gasteiger partial charge in [-0.25, -0.2) is 14.8 Å². The Morgan fingerprint density at radius 1 is 0.941 bits per heavy atom. The minimum atomic E-state index is -0.266. The van der Waals surface area contributed by atoms with Gasteiger partial charge in [0.1, 0.15) is 29.6 Å². The van der Waals surface area contributed by atoms with Crippen molar-refractivity contribution in [1.29, 1.82) is 0 Å². The molecule has 0 radical (unpaired) electrons. The zero-order chi connectivity index (χ0) is 35.1. The number of methoxy groups -OCH3 is 1. The van der Waals surface area contributed by atoms with Crippen LogP contribution in [0.1, 0.15) is 93.3 Å². The number of anilines is 1. The normalized spacial score (nSPS) is 25.9. The van der Waals surface area contributed by atoms with E-state index in [0.29, 0.717) is 88.0 Å². The Balaban J connectivity index is 0.916. The largest absolute Gasteiger partial charge is 0.495 e. The number of β-amino-alcohol motifs (C(OH)–C–C–N with tert-alkyl or cyclic N) is 1. The molecule has 5 aliphatic rings. The van der Waals surface area contributed by atoms with Crippen LogP contribution in [0.15, 0.2) is 41.1 Å². The third-order valence-corrected chi connectivity index (χ3v) is 11.8. The van der Waals surface area contributed by atoms with Crippen LogP contribution in [0.3, 0.4) is 0 Å². The number of oxazole rings is 1. The number of aromatic nitrogens is 3. The highest BCUT2D eigenvalue weighted by atomic mass is 16.6. The molecule has 8 rings (SSSR count). The van der Waals surface area contributed by atoms with Crippen LogP contribution < -0.4 is 9.64 Å². The van der Waals surface area contributed by atoms with Crippen LogP contribution >= 0.6 is 0 Å². The molecule has 51 heavy (non-hydrogen) atoms. The maximum atomic E-state index is 14.4. The van der Waals surface area contributed by atoms with Crippen molar-refractivity contribution < 1.29 is 28.6 Å². The van der Waals surface area contributed by atoms with E-state index in [0.717, 1.165) is 72.8 Å². The lowest BCUT2D eigenvalue weighted by Gasteiger charge is -2.50. The van der Waals surface area contributed by atoms with Gasteiger partial charge in [0.2, 0.25) is 5.91 Å². The molecule has 0 atom stereocenters. The van der Waals surface area contributed by atoms with Gasteiger partial charge in [-0.05, 0) is 101 Å². The van der Waals surface area contributed by atoms with E-state index in [1.807, 2.05) is 30.0 Å². The minimum absolute atomic E-state index is 0.0974. The van der Waals surface area contributed by atoms with E-state index in [2.05, 4.69) is 11.0 Å². The summed E-state index contributed by atoms with van der Waals surface area (Å²) in [6.45, 7) is 5.27. The molecule has 0 spiro atoms. The molecule has 5 heterocycles. The fraction of sp³-hybridized carbons (Fsp3) is 0.615. The Bertz CT molecular complexity index is 1700. The van der Waals surface area contributed by atoms with Gasteiger partial charge in [-0.15, -0.1) is 0 Å². The van der Waals surface area contributed by atoms with Crippen molar-refractivity contribution in [1.82, 2.24) is 24.8 Å². The van der Waals surface area contributed by atoms with Gasteiger partial charge in [-0.3, -0.25) is 19.6 Å². The zero-order valence-electron chi connectivity index (χ0n) is 29.8. The smallest absolute Gasteiger partial charge is 0.410 e. The maximum absolute atomic E-state index is 14.4. The second-order valence-corrected chi connectivity index (χ2v) is 15.5. The van der Waals surface area contributed by atoms with Gasteiger partial charge in [-0.2, -0.15) is 0 Å². The fourth-order valence-corrected chi connectivity index (χ4v) is 8.36. The number of carbonyl (C=O) groups is 2. The molecule has 5 fully saturated rings. The second-order valence-electron chi connectivity index (χ2n) is 15.5. The first kappa shape index (κ1) is 34.1. The number of hydrogen-bond donors (Lipinski definition) is 1. The monoisotopic (exact) mass is 698 g/mol. The fourth-order valence-electron chi connectivity index (χ4n) is 8.36. The summed E-state index contributed by atoms with van der Waals surface area (Å²) < 4.78 is 17.1. The molecular weight excluding hydrogens is 648 g/mol. The lowest BCUT2D eigenvalue weighted by molar-refractivity contribution is -0.124. The molecule has 3 aromatic heterocycles. The molecule has 2 saturated heterocycles. The first-order valence-corrected chi connectivity index (χ1v) is 18.9. The van der Waals surface area contributed by atoms with E-state index >= 15 is 0 Å². The molecular formula is C39H50N6O6. The van der Waals surface area contributed by atoms with Crippen molar-refractivity contribution in [2.24, 2.45) is 11.8 Å². The van der Waals surface area contributed by atoms with E-state index in [1.54, 1.807) is 24.5 Å². The summed E-state index contributed by atoms with van der Waals surface area (Å²) in [6.07, 6.45) is 11.8. The van der Waals surface area contributed by atoms with E-state index in [4.69, 9.17) is 28.8 Å². The standard InChI is InChI=1S/C39H50N6O6/c1-24-35(49-2)14-13-33(41-24)26-5-3-25(4-6-26)18-45(36-17-29(15-16-40-36)34-23-50-37(42-34)27-7-8-27)38(47)28-9-11-32(12-10-28)51-39(48)44-19-30(20-44)43-21-31(46)22-43/h13-17,23,25-28,30-32,46H,3-12,18-22H2,1-2H3. The average Bonchev–Trinajstić information content (AvgIpc) is 3.85. The molecule has 272 valence electrons. The molecule has 12 nitrogen and oxygen atoms in total. The first-order valence-electron chi connectivity index (χ1n) is 18.9. The Morgan fingerprint density at radius 2 is 1.69 bits per heavy atom. The molecule has 3 aromatic rings. The summed E-state index contributed by atoms with van der Waals surface area (Å²) in [5.74, 6) is 3.35. The van der Waals surface area contributed by atoms with Crippen molar-refractivity contribution in [3.8, 4) is 17.0 Å². The summed E-state index contributed by atoms with van der Waals surface area (Å²) in [6, 6.07) is 8.34. The highest BCUT2D eigenvalue weighted by Gasteiger charge is 2.42. The number of aliphatic hydroxyl groups is 1. The van der Waals surface area contributed by atoms with Gasteiger partial charge in [0.05, 0.1) is 18.9 Å². The lowest BCUT2D eigenvalue weighted by Crippen LogP contribution is -2.67. The number of pyridine rings is 2. The van der Waals surface area contributed by atoms with Gasteiger partial charge < -0.3 is 23.9 Å². The number of likely N-dealkylation sites (tertiary alicyclic amines) is 2. The molecule has 0 unspecified atom stereocenters. The van der Waals surface area contributed by atoms with E-state index in [-0.39, 0.29) is 30.1 Å². The molecule has 2 aliphatic heterocycles. The number of carbonyl (C=O) groups excluding carboxylic acids is 2.